The van der Waals surface area contributed by atoms with Crippen LogP contribution in [0.1, 0.15) is 27.4 Å². The number of ether oxygens (including phenoxy) is 2. The highest BCUT2D eigenvalue weighted by Crippen LogP contribution is 2.44. The quantitative estimate of drug-likeness (QED) is 0.481. The van der Waals surface area contributed by atoms with Crippen molar-refractivity contribution < 1.29 is 29.0 Å². The second kappa shape index (κ2) is 10.8. The summed E-state index contributed by atoms with van der Waals surface area (Å²) < 4.78 is 10.6. The first-order valence-electron chi connectivity index (χ1n) is 11.2. The van der Waals surface area contributed by atoms with E-state index in [1.807, 2.05) is 36.4 Å². The zero-order valence-electron chi connectivity index (χ0n) is 19.3. The van der Waals surface area contributed by atoms with Gasteiger partial charge in [-0.25, -0.2) is 4.79 Å². The summed E-state index contributed by atoms with van der Waals surface area (Å²) in [6.07, 6.45) is -0.700. The molecule has 2 N–H and O–H groups in total. The Morgan fingerprint density at radius 1 is 0.914 bits per heavy atom. The van der Waals surface area contributed by atoms with Crippen LogP contribution in [0, 0.1) is 0 Å². The molecular formula is C27H26N2O6. The molecule has 0 saturated carbocycles. The third-order valence-electron chi connectivity index (χ3n) is 5.92. The number of anilines is 1. The number of carbonyl (C=O) groups excluding carboxylic acids is 2. The van der Waals surface area contributed by atoms with Gasteiger partial charge in [0.1, 0.15) is 13.2 Å². The van der Waals surface area contributed by atoms with Gasteiger partial charge in [0.05, 0.1) is 17.9 Å². The van der Waals surface area contributed by atoms with Crippen molar-refractivity contribution in [1.82, 2.24) is 4.90 Å². The van der Waals surface area contributed by atoms with Crippen LogP contribution in [0.15, 0.2) is 72.8 Å². The normalized spacial score (nSPS) is 11.9. The smallest absolute Gasteiger partial charge is 0.411 e. The maximum atomic E-state index is 13.0. The van der Waals surface area contributed by atoms with Crippen molar-refractivity contribution in [2.24, 2.45) is 0 Å². The Labute approximate surface area is 203 Å². The SMILES string of the molecule is COCCN(CC(=O)O)C(=O)c1ccccc1NC(=O)OCC1c2ccccc2-c2ccccc21. The molecule has 0 spiro atoms. The van der Waals surface area contributed by atoms with Crippen LogP contribution in [-0.2, 0) is 14.3 Å². The molecular weight excluding hydrogens is 448 g/mol. The van der Waals surface area contributed by atoms with E-state index in [-0.39, 0.29) is 36.9 Å². The van der Waals surface area contributed by atoms with Crippen molar-refractivity contribution in [3.8, 4) is 11.1 Å². The minimum absolute atomic E-state index is 0.0925. The van der Waals surface area contributed by atoms with Crippen molar-refractivity contribution in [1.29, 1.82) is 0 Å². The number of para-hydroxylation sites is 1. The molecule has 0 atom stereocenters. The average molecular weight is 475 g/mol. The summed E-state index contributed by atoms with van der Waals surface area (Å²) in [5, 5.41) is 11.8. The number of hydrogen-bond donors (Lipinski definition) is 2. The minimum Gasteiger partial charge on any atom is -0.480 e. The van der Waals surface area contributed by atoms with Crippen LogP contribution >= 0.6 is 0 Å². The Morgan fingerprint density at radius 2 is 1.51 bits per heavy atom. The van der Waals surface area contributed by atoms with Crippen molar-refractivity contribution in [3.05, 3.63) is 89.5 Å². The molecule has 35 heavy (non-hydrogen) atoms. The van der Waals surface area contributed by atoms with Gasteiger partial charge in [-0.05, 0) is 34.4 Å². The summed E-state index contributed by atoms with van der Waals surface area (Å²) in [7, 11) is 1.47. The summed E-state index contributed by atoms with van der Waals surface area (Å²) in [5.74, 6) is -1.76. The molecule has 0 saturated heterocycles. The number of carboxylic acids is 1. The van der Waals surface area contributed by atoms with Gasteiger partial charge >= 0.3 is 12.1 Å². The topological polar surface area (TPSA) is 105 Å². The van der Waals surface area contributed by atoms with Gasteiger partial charge in [-0.1, -0.05) is 60.7 Å². The second-order valence-electron chi connectivity index (χ2n) is 8.11. The van der Waals surface area contributed by atoms with Gasteiger partial charge in [0.2, 0.25) is 0 Å². The van der Waals surface area contributed by atoms with Crippen LogP contribution in [0.25, 0.3) is 11.1 Å². The number of aliphatic carboxylic acids is 1. The van der Waals surface area contributed by atoms with E-state index in [1.54, 1.807) is 18.2 Å². The van der Waals surface area contributed by atoms with Gasteiger partial charge in [0, 0.05) is 19.6 Å². The van der Waals surface area contributed by atoms with E-state index in [9.17, 15) is 19.5 Å². The molecule has 0 heterocycles. The van der Waals surface area contributed by atoms with Crippen LogP contribution in [0.3, 0.4) is 0 Å². The first-order chi connectivity index (χ1) is 17.0. The first-order valence-corrected chi connectivity index (χ1v) is 11.2. The van der Waals surface area contributed by atoms with Crippen LogP contribution in [0.4, 0.5) is 10.5 Å². The number of nitrogens with one attached hydrogen (secondary N) is 1. The van der Waals surface area contributed by atoms with Gasteiger partial charge in [0.25, 0.3) is 5.91 Å². The monoisotopic (exact) mass is 474 g/mol. The number of hydrogen-bond acceptors (Lipinski definition) is 5. The second-order valence-corrected chi connectivity index (χ2v) is 8.11. The highest BCUT2D eigenvalue weighted by atomic mass is 16.5. The Balaban J connectivity index is 1.47. The van der Waals surface area contributed by atoms with Crippen LogP contribution in [0.5, 0.6) is 0 Å². The molecule has 0 aliphatic heterocycles. The summed E-state index contributed by atoms with van der Waals surface area (Å²) in [6, 6.07) is 22.5. The van der Waals surface area contributed by atoms with Gasteiger partial charge in [-0.15, -0.1) is 0 Å². The van der Waals surface area contributed by atoms with Crippen LogP contribution in [0.2, 0.25) is 0 Å². The average Bonchev–Trinajstić information content (AvgIpc) is 3.19. The van der Waals surface area contributed by atoms with E-state index >= 15 is 0 Å². The van der Waals surface area contributed by atoms with Crippen molar-refractivity contribution in [2.45, 2.75) is 5.92 Å². The molecule has 0 bridgehead atoms. The lowest BCUT2D eigenvalue weighted by atomic mass is 9.98. The number of methoxy groups -OCH3 is 1. The Hall–Kier alpha value is -4.17. The van der Waals surface area contributed by atoms with E-state index in [0.29, 0.717) is 0 Å². The molecule has 3 aromatic carbocycles. The van der Waals surface area contributed by atoms with Gasteiger partial charge in [-0.3, -0.25) is 14.9 Å². The largest absolute Gasteiger partial charge is 0.480 e. The molecule has 0 fully saturated rings. The number of fused-ring (bicyclic) bond motifs is 3. The number of carboxylic acid groups (broad SMARTS) is 1. The van der Waals surface area contributed by atoms with Crippen LogP contribution in [-0.4, -0.2) is 61.4 Å². The van der Waals surface area contributed by atoms with E-state index in [2.05, 4.69) is 17.4 Å². The summed E-state index contributed by atoms with van der Waals surface area (Å²) in [6.45, 7) is -0.0711. The fourth-order valence-corrected chi connectivity index (χ4v) is 4.31. The Morgan fingerprint density at radius 3 is 2.14 bits per heavy atom. The Kier molecular flexibility index (Phi) is 7.42. The van der Waals surface area contributed by atoms with Gasteiger partial charge < -0.3 is 19.5 Å². The first kappa shape index (κ1) is 24.0. The summed E-state index contributed by atoms with van der Waals surface area (Å²) >= 11 is 0. The molecule has 4 rings (SSSR count). The van der Waals surface area contributed by atoms with E-state index in [1.165, 1.54) is 13.2 Å². The maximum Gasteiger partial charge on any atom is 0.411 e. The highest BCUT2D eigenvalue weighted by molar-refractivity contribution is 6.03. The van der Waals surface area contributed by atoms with E-state index in [4.69, 9.17) is 9.47 Å². The number of rotatable bonds is 9. The molecule has 8 heteroatoms. The molecule has 3 aromatic rings. The molecule has 0 radical (unpaired) electrons. The number of benzene rings is 3. The third-order valence-corrected chi connectivity index (χ3v) is 5.92. The number of nitrogens with zero attached hydrogens (tertiary/aromatic N) is 1. The highest BCUT2D eigenvalue weighted by Gasteiger charge is 2.29. The summed E-state index contributed by atoms with van der Waals surface area (Å²) in [4.78, 5) is 38.2. The van der Waals surface area contributed by atoms with Crippen molar-refractivity contribution in [3.63, 3.8) is 0 Å². The van der Waals surface area contributed by atoms with Gasteiger partial charge in [0.15, 0.2) is 0 Å². The lowest BCUT2D eigenvalue weighted by Gasteiger charge is -2.22. The molecule has 0 unspecified atom stereocenters. The van der Waals surface area contributed by atoms with Crippen LogP contribution < -0.4 is 5.32 Å². The Bertz CT molecular complexity index is 1200. The molecule has 180 valence electrons. The van der Waals surface area contributed by atoms with Crippen molar-refractivity contribution >= 4 is 23.7 Å². The molecule has 8 nitrogen and oxygen atoms in total. The fraction of sp³-hybridized carbons (Fsp3) is 0.222. The molecule has 1 aliphatic rings. The lowest BCUT2D eigenvalue weighted by molar-refractivity contribution is -0.137. The third kappa shape index (κ3) is 5.33. The molecule has 2 amide bonds. The minimum atomic E-state index is -1.14. The predicted octanol–water partition coefficient (Wildman–Crippen LogP) is 4.22. The molecule has 0 aromatic heterocycles. The molecule has 1 aliphatic carbocycles. The standard InChI is InChI=1S/C27H26N2O6/c1-34-15-14-29(16-25(30)31)26(32)22-12-6-7-13-24(22)28-27(33)35-17-23-20-10-4-2-8-18(20)19-9-3-5-11-21(19)23/h2-13,23H,14-17H2,1H3,(H,28,33)(H,30,31). The zero-order chi connectivity index (χ0) is 24.8. The fourth-order valence-electron chi connectivity index (χ4n) is 4.31. The van der Waals surface area contributed by atoms with Crippen molar-refractivity contribution in [2.75, 3.05) is 38.7 Å². The van der Waals surface area contributed by atoms with E-state index < -0.39 is 24.5 Å². The zero-order valence-corrected chi connectivity index (χ0v) is 19.3. The van der Waals surface area contributed by atoms with Gasteiger partial charge in [-0.2, -0.15) is 0 Å². The predicted molar refractivity (Wildman–Crippen MR) is 131 cm³/mol. The number of carbonyl (C=O) groups is 3. The summed E-state index contributed by atoms with van der Waals surface area (Å²) in [5.41, 5.74) is 4.85. The maximum absolute atomic E-state index is 13.0. The van der Waals surface area contributed by atoms with E-state index in [0.717, 1.165) is 27.2 Å². The number of amides is 2. The lowest BCUT2D eigenvalue weighted by Crippen LogP contribution is -2.38.